The van der Waals surface area contributed by atoms with Crippen LogP contribution in [0.4, 0.5) is 0 Å². The minimum Gasteiger partial charge on any atom is -0.361 e. The second-order valence-corrected chi connectivity index (χ2v) is 3.36. The smallest absolute Gasteiger partial charge is 0.198 e. The number of rotatable bonds is 4. The molecule has 1 N–H and O–H groups in total. The Morgan fingerprint density at radius 3 is 3.00 bits per heavy atom. The fourth-order valence-electron chi connectivity index (χ4n) is 1.69. The van der Waals surface area contributed by atoms with Crippen LogP contribution in [0, 0.1) is 0 Å². The van der Waals surface area contributed by atoms with E-state index in [9.17, 15) is 4.79 Å². The first kappa shape index (κ1) is 9.00. The van der Waals surface area contributed by atoms with Gasteiger partial charge in [0.25, 0.3) is 0 Å². The van der Waals surface area contributed by atoms with Crippen molar-refractivity contribution in [3.05, 3.63) is 36.0 Å². The second kappa shape index (κ2) is 4.09. The number of H-pyrrole nitrogens is 1. The summed E-state index contributed by atoms with van der Waals surface area (Å²) in [5.74, 6) is 0. The average molecular weight is 186 g/mol. The molecule has 2 rings (SSSR count). The van der Waals surface area contributed by atoms with Gasteiger partial charge in [0.05, 0.1) is 0 Å². The maximum atomic E-state index is 10.1. The van der Waals surface area contributed by atoms with Gasteiger partial charge in [-0.15, -0.1) is 0 Å². The molecule has 2 heteroatoms. The van der Waals surface area contributed by atoms with Crippen LogP contribution >= 0.6 is 0 Å². The van der Waals surface area contributed by atoms with E-state index in [4.69, 9.17) is 0 Å². The molecule has 2 nitrogen and oxygen atoms in total. The van der Waals surface area contributed by atoms with E-state index in [1.54, 1.807) is 0 Å². The summed E-state index contributed by atoms with van der Waals surface area (Å²) < 4.78 is 0. The van der Waals surface area contributed by atoms with Gasteiger partial charge in [-0.3, -0.25) is 4.79 Å². The van der Waals surface area contributed by atoms with Gasteiger partial charge >= 0.3 is 0 Å². The van der Waals surface area contributed by atoms with Gasteiger partial charge in [-0.05, 0) is 24.5 Å². The summed E-state index contributed by atoms with van der Waals surface area (Å²) in [5, 5.41) is 1.26. The largest absolute Gasteiger partial charge is 0.361 e. The number of aromatic amines is 1. The topological polar surface area (TPSA) is 32.9 Å². The SMILES string of the molecule is O=[C]CCCc1c[nH]c2ccccc12. The zero-order valence-electron chi connectivity index (χ0n) is 7.92. The molecule has 0 aliphatic rings. The minimum absolute atomic E-state index is 0.527. The first-order valence-corrected chi connectivity index (χ1v) is 4.82. The fraction of sp³-hybridized carbons (Fsp3) is 0.250. The van der Waals surface area contributed by atoms with Crippen molar-refractivity contribution >= 4 is 17.2 Å². The van der Waals surface area contributed by atoms with Crippen LogP contribution in [0.5, 0.6) is 0 Å². The highest BCUT2D eigenvalue weighted by Gasteiger charge is 2.01. The summed E-state index contributed by atoms with van der Waals surface area (Å²) in [4.78, 5) is 13.3. The predicted octanol–water partition coefficient (Wildman–Crippen LogP) is 2.60. The number of carbonyl (C=O) groups excluding carboxylic acids is 1. The summed E-state index contributed by atoms with van der Waals surface area (Å²) in [6.07, 6.45) is 6.29. The van der Waals surface area contributed by atoms with Gasteiger partial charge in [-0.1, -0.05) is 18.2 Å². The Morgan fingerprint density at radius 2 is 2.14 bits per heavy atom. The third-order valence-electron chi connectivity index (χ3n) is 2.40. The number of hydrogen-bond acceptors (Lipinski definition) is 1. The average Bonchev–Trinajstić information content (AvgIpc) is 2.63. The van der Waals surface area contributed by atoms with Gasteiger partial charge < -0.3 is 4.98 Å². The first-order chi connectivity index (χ1) is 6.92. The van der Waals surface area contributed by atoms with Gasteiger partial charge in [-0.25, -0.2) is 0 Å². The number of aromatic nitrogens is 1. The standard InChI is InChI=1S/C12H12NO/c14-8-4-3-5-10-9-13-12-7-2-1-6-11(10)12/h1-2,6-7,9,13H,3-5H2. The van der Waals surface area contributed by atoms with E-state index in [1.807, 2.05) is 24.6 Å². The van der Waals surface area contributed by atoms with Crippen LogP contribution in [-0.4, -0.2) is 11.3 Å². The minimum atomic E-state index is 0.527. The Morgan fingerprint density at radius 1 is 1.29 bits per heavy atom. The predicted molar refractivity (Wildman–Crippen MR) is 56.9 cm³/mol. The molecule has 2 aromatic rings. The van der Waals surface area contributed by atoms with Crippen molar-refractivity contribution in [2.24, 2.45) is 0 Å². The second-order valence-electron chi connectivity index (χ2n) is 3.36. The highest BCUT2D eigenvalue weighted by Crippen LogP contribution is 2.18. The number of aryl methyl sites for hydroxylation is 1. The van der Waals surface area contributed by atoms with Crippen LogP contribution in [0.25, 0.3) is 10.9 Å². The molecule has 0 spiro atoms. The van der Waals surface area contributed by atoms with Gasteiger partial charge in [0, 0.05) is 23.5 Å². The normalized spacial score (nSPS) is 10.6. The molecule has 0 aliphatic carbocycles. The number of nitrogens with one attached hydrogen (secondary N) is 1. The summed E-state index contributed by atoms with van der Waals surface area (Å²) in [6, 6.07) is 8.21. The number of hydrogen-bond donors (Lipinski definition) is 1. The molecule has 1 aromatic heterocycles. The maximum Gasteiger partial charge on any atom is 0.198 e. The lowest BCUT2D eigenvalue weighted by Crippen LogP contribution is -1.83. The van der Waals surface area contributed by atoms with Crippen molar-refractivity contribution in [3.63, 3.8) is 0 Å². The van der Waals surface area contributed by atoms with Crippen LogP contribution in [0.2, 0.25) is 0 Å². The molecule has 1 radical (unpaired) electrons. The molecular formula is C12H12NO. The van der Waals surface area contributed by atoms with Gasteiger partial charge in [-0.2, -0.15) is 0 Å². The third kappa shape index (κ3) is 1.69. The monoisotopic (exact) mass is 186 g/mol. The molecule has 14 heavy (non-hydrogen) atoms. The van der Waals surface area contributed by atoms with E-state index < -0.39 is 0 Å². The Bertz CT molecular complexity index is 431. The quantitative estimate of drug-likeness (QED) is 0.731. The van der Waals surface area contributed by atoms with Crippen molar-refractivity contribution in [1.82, 2.24) is 4.98 Å². The number of benzene rings is 1. The summed E-state index contributed by atoms with van der Waals surface area (Å²) in [7, 11) is 0. The van der Waals surface area contributed by atoms with Crippen LogP contribution in [0.3, 0.4) is 0 Å². The summed E-state index contributed by atoms with van der Waals surface area (Å²) in [5.41, 5.74) is 2.45. The molecule has 71 valence electrons. The highest BCUT2D eigenvalue weighted by atomic mass is 16.1. The number of para-hydroxylation sites is 1. The lowest BCUT2D eigenvalue weighted by Gasteiger charge is -1.95. The van der Waals surface area contributed by atoms with Crippen molar-refractivity contribution in [3.8, 4) is 0 Å². The van der Waals surface area contributed by atoms with Gasteiger partial charge in [0.2, 0.25) is 0 Å². The summed E-state index contributed by atoms with van der Waals surface area (Å²) >= 11 is 0. The molecule has 0 aliphatic heterocycles. The summed E-state index contributed by atoms with van der Waals surface area (Å²) in [6.45, 7) is 0. The Kier molecular flexibility index (Phi) is 2.63. The van der Waals surface area contributed by atoms with Crippen molar-refractivity contribution in [2.75, 3.05) is 0 Å². The highest BCUT2D eigenvalue weighted by molar-refractivity contribution is 5.83. The molecule has 1 aromatic carbocycles. The van der Waals surface area contributed by atoms with Crippen LogP contribution in [0.15, 0.2) is 30.5 Å². The van der Waals surface area contributed by atoms with Crippen LogP contribution < -0.4 is 0 Å². The van der Waals surface area contributed by atoms with Crippen LogP contribution in [-0.2, 0) is 11.2 Å². The molecule has 0 amide bonds. The zero-order chi connectivity index (χ0) is 9.80. The Labute approximate surface area is 82.9 Å². The fourth-order valence-corrected chi connectivity index (χ4v) is 1.69. The maximum absolute atomic E-state index is 10.1. The van der Waals surface area contributed by atoms with E-state index in [-0.39, 0.29) is 0 Å². The molecule has 1 heterocycles. The van der Waals surface area contributed by atoms with Crippen molar-refractivity contribution in [1.29, 1.82) is 0 Å². The van der Waals surface area contributed by atoms with Gasteiger partial charge in [0.1, 0.15) is 0 Å². The molecule has 0 fully saturated rings. The van der Waals surface area contributed by atoms with Crippen molar-refractivity contribution in [2.45, 2.75) is 19.3 Å². The number of fused-ring (bicyclic) bond motifs is 1. The van der Waals surface area contributed by atoms with Crippen molar-refractivity contribution < 1.29 is 4.79 Å². The Hall–Kier alpha value is -1.57. The van der Waals surface area contributed by atoms with E-state index >= 15 is 0 Å². The zero-order valence-corrected chi connectivity index (χ0v) is 7.92. The molecule has 0 saturated heterocycles. The molecule has 0 atom stereocenters. The Balaban J connectivity index is 2.20. The van der Waals surface area contributed by atoms with E-state index in [0.717, 1.165) is 18.4 Å². The molecule has 0 unspecified atom stereocenters. The van der Waals surface area contributed by atoms with E-state index in [2.05, 4.69) is 17.1 Å². The van der Waals surface area contributed by atoms with Crippen LogP contribution in [0.1, 0.15) is 18.4 Å². The van der Waals surface area contributed by atoms with E-state index in [0.29, 0.717) is 6.42 Å². The third-order valence-corrected chi connectivity index (χ3v) is 2.40. The number of unbranched alkanes of at least 4 members (excludes halogenated alkanes) is 1. The molecule has 0 bridgehead atoms. The molecular weight excluding hydrogens is 174 g/mol. The van der Waals surface area contributed by atoms with E-state index in [1.165, 1.54) is 10.9 Å². The first-order valence-electron chi connectivity index (χ1n) is 4.82. The lowest BCUT2D eigenvalue weighted by molar-refractivity contribution is 0.548. The molecule has 0 saturated carbocycles. The lowest BCUT2D eigenvalue weighted by atomic mass is 10.1. The van der Waals surface area contributed by atoms with Gasteiger partial charge in [0.15, 0.2) is 6.29 Å².